The van der Waals surface area contributed by atoms with Crippen molar-refractivity contribution in [3.63, 3.8) is 0 Å². The zero-order valence-corrected chi connectivity index (χ0v) is 6.73. The van der Waals surface area contributed by atoms with Crippen molar-refractivity contribution in [2.45, 2.75) is 0 Å². The summed E-state index contributed by atoms with van der Waals surface area (Å²) in [5.74, 6) is 0. The van der Waals surface area contributed by atoms with Gasteiger partial charge in [0.2, 0.25) is 0 Å². The standard InChI is InChI=1S/C6H13ClN2O/c7-8-1-2-9-3-5-10-6-4-9/h8H,1-6H2. The number of rotatable bonds is 3. The summed E-state index contributed by atoms with van der Waals surface area (Å²) < 4.78 is 5.18. The number of hydrogen-bond acceptors (Lipinski definition) is 3. The zero-order valence-electron chi connectivity index (χ0n) is 5.98. The highest BCUT2D eigenvalue weighted by Gasteiger charge is 2.08. The smallest absolute Gasteiger partial charge is 0.0594 e. The van der Waals surface area contributed by atoms with E-state index in [9.17, 15) is 0 Å². The molecule has 60 valence electrons. The molecule has 0 saturated carbocycles. The third kappa shape index (κ3) is 2.84. The van der Waals surface area contributed by atoms with E-state index in [-0.39, 0.29) is 0 Å². The maximum Gasteiger partial charge on any atom is 0.0594 e. The van der Waals surface area contributed by atoms with E-state index in [1.54, 1.807) is 0 Å². The molecule has 3 nitrogen and oxygen atoms in total. The molecular formula is C6H13ClN2O. The van der Waals surface area contributed by atoms with E-state index in [1.807, 2.05) is 0 Å². The molecule has 1 aliphatic rings. The lowest BCUT2D eigenvalue weighted by atomic mass is 10.4. The fourth-order valence-corrected chi connectivity index (χ4v) is 1.11. The third-order valence-electron chi connectivity index (χ3n) is 1.63. The molecule has 1 N–H and O–H groups in total. The minimum absolute atomic E-state index is 0.849. The van der Waals surface area contributed by atoms with Crippen LogP contribution in [0.5, 0.6) is 0 Å². The second-order valence-electron chi connectivity index (χ2n) is 2.34. The van der Waals surface area contributed by atoms with Gasteiger partial charge in [-0.3, -0.25) is 4.90 Å². The van der Waals surface area contributed by atoms with E-state index >= 15 is 0 Å². The highest BCUT2D eigenvalue weighted by atomic mass is 35.5. The van der Waals surface area contributed by atoms with Crippen LogP contribution in [0, 0.1) is 0 Å². The first kappa shape index (κ1) is 8.27. The van der Waals surface area contributed by atoms with E-state index in [0.29, 0.717) is 0 Å². The van der Waals surface area contributed by atoms with Gasteiger partial charge in [0, 0.05) is 26.2 Å². The van der Waals surface area contributed by atoms with Crippen LogP contribution >= 0.6 is 11.8 Å². The lowest BCUT2D eigenvalue weighted by Crippen LogP contribution is -2.39. The molecule has 0 aromatic heterocycles. The summed E-state index contributed by atoms with van der Waals surface area (Å²) >= 11 is 5.31. The van der Waals surface area contributed by atoms with E-state index in [2.05, 4.69) is 9.74 Å². The van der Waals surface area contributed by atoms with E-state index in [4.69, 9.17) is 16.5 Å². The fourth-order valence-electron chi connectivity index (χ4n) is 1.03. The van der Waals surface area contributed by atoms with Gasteiger partial charge in [0.1, 0.15) is 0 Å². The highest BCUT2D eigenvalue weighted by Crippen LogP contribution is 1.94. The summed E-state index contributed by atoms with van der Waals surface area (Å²) in [5, 5.41) is 0. The van der Waals surface area contributed by atoms with E-state index in [1.165, 1.54) is 0 Å². The lowest BCUT2D eigenvalue weighted by molar-refractivity contribution is 0.0390. The molecule has 0 aromatic carbocycles. The Kier molecular flexibility index (Phi) is 4.06. The Hall–Kier alpha value is 0.170. The normalized spacial score (nSPS) is 21.3. The fraction of sp³-hybridized carbons (Fsp3) is 1.00. The van der Waals surface area contributed by atoms with Crippen LogP contribution in [-0.2, 0) is 4.74 Å². The molecule has 1 rings (SSSR count). The van der Waals surface area contributed by atoms with Crippen molar-refractivity contribution in [2.24, 2.45) is 0 Å². The quantitative estimate of drug-likeness (QED) is 0.598. The molecular weight excluding hydrogens is 152 g/mol. The molecule has 4 heteroatoms. The molecule has 1 saturated heterocycles. The number of halogens is 1. The number of nitrogens with zero attached hydrogens (tertiary/aromatic N) is 1. The number of nitrogens with one attached hydrogen (secondary N) is 1. The molecule has 0 aliphatic carbocycles. The predicted molar refractivity (Wildman–Crippen MR) is 41.1 cm³/mol. The summed E-state index contributed by atoms with van der Waals surface area (Å²) in [6, 6.07) is 0. The van der Waals surface area contributed by atoms with Crippen molar-refractivity contribution in [1.82, 2.24) is 9.74 Å². The molecule has 0 bridgehead atoms. The van der Waals surface area contributed by atoms with Gasteiger partial charge in [-0.1, -0.05) is 0 Å². The van der Waals surface area contributed by atoms with Crippen molar-refractivity contribution in [1.29, 1.82) is 0 Å². The largest absolute Gasteiger partial charge is 0.379 e. The van der Waals surface area contributed by atoms with Crippen LogP contribution in [0.25, 0.3) is 0 Å². The van der Waals surface area contributed by atoms with Gasteiger partial charge in [-0.2, -0.15) is 0 Å². The molecule has 0 spiro atoms. The molecule has 0 amide bonds. The molecule has 0 aromatic rings. The van der Waals surface area contributed by atoms with Crippen molar-refractivity contribution in [3.8, 4) is 0 Å². The van der Waals surface area contributed by atoms with Crippen LogP contribution < -0.4 is 4.84 Å². The van der Waals surface area contributed by atoms with Gasteiger partial charge in [-0.15, -0.1) is 0 Å². The Morgan fingerprint density at radius 3 is 2.70 bits per heavy atom. The van der Waals surface area contributed by atoms with Crippen molar-refractivity contribution in [3.05, 3.63) is 0 Å². The van der Waals surface area contributed by atoms with Gasteiger partial charge in [0.25, 0.3) is 0 Å². The number of morpholine rings is 1. The summed E-state index contributed by atoms with van der Waals surface area (Å²) in [6.07, 6.45) is 0. The Bertz CT molecular complexity index is 85.8. The average molecular weight is 165 g/mol. The van der Waals surface area contributed by atoms with Crippen LogP contribution in [-0.4, -0.2) is 44.3 Å². The van der Waals surface area contributed by atoms with Crippen molar-refractivity contribution in [2.75, 3.05) is 39.4 Å². The van der Waals surface area contributed by atoms with Gasteiger partial charge >= 0.3 is 0 Å². The monoisotopic (exact) mass is 164 g/mol. The van der Waals surface area contributed by atoms with Gasteiger partial charge in [0.15, 0.2) is 0 Å². The minimum Gasteiger partial charge on any atom is -0.379 e. The molecule has 1 aliphatic heterocycles. The van der Waals surface area contributed by atoms with Crippen molar-refractivity contribution >= 4 is 11.8 Å². The van der Waals surface area contributed by atoms with Gasteiger partial charge in [-0.05, 0) is 11.8 Å². The first-order valence-corrected chi connectivity index (χ1v) is 3.95. The Balaban J connectivity index is 2.02. The molecule has 1 heterocycles. The molecule has 10 heavy (non-hydrogen) atoms. The second-order valence-corrected chi connectivity index (χ2v) is 2.60. The SMILES string of the molecule is ClNCCN1CCOCC1. The summed E-state index contributed by atoms with van der Waals surface area (Å²) in [5.41, 5.74) is 0. The summed E-state index contributed by atoms with van der Waals surface area (Å²) in [4.78, 5) is 4.94. The van der Waals surface area contributed by atoms with Crippen molar-refractivity contribution < 1.29 is 4.74 Å². The first-order chi connectivity index (χ1) is 4.93. The van der Waals surface area contributed by atoms with E-state index < -0.39 is 0 Å². The average Bonchev–Trinajstić information content (AvgIpc) is 2.03. The lowest BCUT2D eigenvalue weighted by Gasteiger charge is -2.25. The maximum absolute atomic E-state index is 5.31. The number of hydrogen-bond donors (Lipinski definition) is 1. The topological polar surface area (TPSA) is 24.5 Å². The highest BCUT2D eigenvalue weighted by molar-refractivity contribution is 6.13. The Morgan fingerprint density at radius 2 is 2.10 bits per heavy atom. The zero-order chi connectivity index (χ0) is 7.23. The molecule has 0 unspecified atom stereocenters. The second kappa shape index (κ2) is 4.91. The van der Waals surface area contributed by atoms with Crippen LogP contribution in [0.4, 0.5) is 0 Å². The van der Waals surface area contributed by atoms with E-state index in [0.717, 1.165) is 39.4 Å². The molecule has 1 fully saturated rings. The number of ether oxygens (including phenoxy) is 1. The molecule has 0 radical (unpaired) electrons. The third-order valence-corrected chi connectivity index (χ3v) is 1.82. The molecule has 0 atom stereocenters. The first-order valence-electron chi connectivity index (χ1n) is 3.57. The minimum atomic E-state index is 0.849. The summed E-state index contributed by atoms with van der Waals surface area (Å²) in [6.45, 7) is 5.68. The summed E-state index contributed by atoms with van der Waals surface area (Å²) in [7, 11) is 0. The Morgan fingerprint density at radius 1 is 1.40 bits per heavy atom. The van der Waals surface area contributed by atoms with Crippen LogP contribution in [0.3, 0.4) is 0 Å². The predicted octanol–water partition coefficient (Wildman–Crippen LogP) is 0.0620. The Labute approximate surface area is 66.4 Å². The van der Waals surface area contributed by atoms with Gasteiger partial charge in [-0.25, -0.2) is 4.84 Å². The van der Waals surface area contributed by atoms with Crippen LogP contribution in [0.2, 0.25) is 0 Å². The van der Waals surface area contributed by atoms with Crippen LogP contribution in [0.1, 0.15) is 0 Å². The van der Waals surface area contributed by atoms with Crippen LogP contribution in [0.15, 0.2) is 0 Å². The van der Waals surface area contributed by atoms with Gasteiger partial charge in [0.05, 0.1) is 13.2 Å². The maximum atomic E-state index is 5.31. The van der Waals surface area contributed by atoms with Gasteiger partial charge < -0.3 is 4.74 Å².